The Morgan fingerprint density at radius 1 is 1.33 bits per heavy atom. The van der Waals surface area contributed by atoms with Gasteiger partial charge in [-0.25, -0.2) is 0 Å². The van der Waals surface area contributed by atoms with Crippen molar-refractivity contribution in [3.8, 4) is 0 Å². The summed E-state index contributed by atoms with van der Waals surface area (Å²) < 4.78 is 0. The van der Waals surface area contributed by atoms with Gasteiger partial charge in [-0.3, -0.25) is 4.79 Å². The topological polar surface area (TPSA) is 61.9 Å². The number of aromatic amines is 1. The molecule has 0 bridgehead atoms. The van der Waals surface area contributed by atoms with Crippen molar-refractivity contribution >= 4 is 29.1 Å². The van der Waals surface area contributed by atoms with E-state index in [0.29, 0.717) is 16.6 Å². The van der Waals surface area contributed by atoms with Gasteiger partial charge < -0.3 is 4.90 Å². The Morgan fingerprint density at radius 2 is 2.00 bits per heavy atom. The predicted molar refractivity (Wildman–Crippen MR) is 68.6 cm³/mol. The predicted octanol–water partition coefficient (Wildman–Crippen LogP) is 2.38. The molecule has 18 heavy (non-hydrogen) atoms. The Hall–Kier alpha value is -1.59. The average molecular weight is 285 g/mol. The van der Waals surface area contributed by atoms with E-state index < -0.39 is 0 Å². The van der Waals surface area contributed by atoms with Crippen molar-refractivity contribution in [2.45, 2.75) is 6.54 Å². The Balaban J connectivity index is 2.11. The van der Waals surface area contributed by atoms with Gasteiger partial charge >= 0.3 is 0 Å². The third-order valence-electron chi connectivity index (χ3n) is 2.32. The molecule has 1 aromatic heterocycles. The molecule has 0 saturated heterocycles. The Kier molecular flexibility index (Phi) is 3.84. The number of hydrogen-bond donors (Lipinski definition) is 1. The normalized spacial score (nSPS) is 10.4. The van der Waals surface area contributed by atoms with Crippen molar-refractivity contribution < 1.29 is 4.79 Å². The molecule has 7 heteroatoms. The lowest BCUT2D eigenvalue weighted by Gasteiger charge is -2.16. The van der Waals surface area contributed by atoms with E-state index in [1.807, 2.05) is 0 Å². The van der Waals surface area contributed by atoms with Gasteiger partial charge in [0.05, 0.1) is 6.20 Å². The number of H-pyrrole nitrogens is 1. The SMILES string of the molecule is CN(Cc1cc(Cl)cc(Cl)c1)C(=O)c1cn[nH]n1. The molecule has 2 rings (SSSR count). The largest absolute Gasteiger partial charge is 0.336 e. The lowest BCUT2D eigenvalue weighted by atomic mass is 10.2. The fourth-order valence-corrected chi connectivity index (χ4v) is 2.12. The summed E-state index contributed by atoms with van der Waals surface area (Å²) in [7, 11) is 1.67. The molecule has 0 atom stereocenters. The van der Waals surface area contributed by atoms with Crippen LogP contribution in [0.4, 0.5) is 0 Å². The molecular formula is C11H10Cl2N4O. The second-order valence-corrected chi connectivity index (χ2v) is 4.67. The summed E-state index contributed by atoms with van der Waals surface area (Å²) in [4.78, 5) is 13.4. The molecule has 0 fully saturated rings. The summed E-state index contributed by atoms with van der Waals surface area (Å²) >= 11 is 11.8. The zero-order valence-corrected chi connectivity index (χ0v) is 11.0. The van der Waals surface area contributed by atoms with Crippen LogP contribution in [0.5, 0.6) is 0 Å². The number of hydrogen-bond acceptors (Lipinski definition) is 3. The van der Waals surface area contributed by atoms with Crippen LogP contribution in [-0.4, -0.2) is 33.3 Å². The van der Waals surface area contributed by atoms with Gasteiger partial charge in [0.2, 0.25) is 0 Å². The van der Waals surface area contributed by atoms with Crippen LogP contribution in [0, 0.1) is 0 Å². The van der Waals surface area contributed by atoms with E-state index >= 15 is 0 Å². The zero-order chi connectivity index (χ0) is 13.1. The lowest BCUT2D eigenvalue weighted by molar-refractivity contribution is 0.0779. The molecule has 1 N–H and O–H groups in total. The first-order valence-electron chi connectivity index (χ1n) is 5.12. The molecule has 2 aromatic rings. The number of benzene rings is 1. The molecule has 5 nitrogen and oxygen atoms in total. The van der Waals surface area contributed by atoms with Crippen molar-refractivity contribution in [3.63, 3.8) is 0 Å². The van der Waals surface area contributed by atoms with Crippen LogP contribution in [0.3, 0.4) is 0 Å². The lowest BCUT2D eigenvalue weighted by Crippen LogP contribution is -2.26. The van der Waals surface area contributed by atoms with Gasteiger partial charge in [-0.2, -0.15) is 15.4 Å². The summed E-state index contributed by atoms with van der Waals surface area (Å²) in [6.07, 6.45) is 1.38. The van der Waals surface area contributed by atoms with Gasteiger partial charge in [0.15, 0.2) is 5.69 Å². The minimum absolute atomic E-state index is 0.222. The van der Waals surface area contributed by atoms with Crippen LogP contribution in [-0.2, 0) is 6.54 Å². The molecule has 0 spiro atoms. The van der Waals surface area contributed by atoms with Crippen molar-refractivity contribution in [1.29, 1.82) is 0 Å². The van der Waals surface area contributed by atoms with Crippen LogP contribution < -0.4 is 0 Å². The summed E-state index contributed by atoms with van der Waals surface area (Å²) in [5.74, 6) is -0.222. The second kappa shape index (κ2) is 5.37. The van der Waals surface area contributed by atoms with Gasteiger partial charge in [-0.15, -0.1) is 0 Å². The Morgan fingerprint density at radius 3 is 2.56 bits per heavy atom. The Labute approximate surface area is 114 Å². The van der Waals surface area contributed by atoms with E-state index in [2.05, 4.69) is 15.4 Å². The first-order chi connectivity index (χ1) is 8.56. The van der Waals surface area contributed by atoms with Crippen molar-refractivity contribution in [3.05, 3.63) is 45.7 Å². The first kappa shape index (κ1) is 12.9. The van der Waals surface area contributed by atoms with Crippen molar-refractivity contribution in [2.75, 3.05) is 7.05 Å². The number of carbonyl (C=O) groups is 1. The molecule has 1 amide bonds. The summed E-state index contributed by atoms with van der Waals surface area (Å²) in [5.41, 5.74) is 1.12. The maximum atomic E-state index is 11.9. The van der Waals surface area contributed by atoms with E-state index in [9.17, 15) is 4.79 Å². The summed E-state index contributed by atoms with van der Waals surface area (Å²) in [5, 5.41) is 10.8. The molecular weight excluding hydrogens is 275 g/mol. The van der Waals surface area contributed by atoms with Crippen LogP contribution in [0.15, 0.2) is 24.4 Å². The van der Waals surface area contributed by atoms with Crippen molar-refractivity contribution in [1.82, 2.24) is 20.3 Å². The maximum Gasteiger partial charge on any atom is 0.276 e. The fraction of sp³-hybridized carbons (Fsp3) is 0.182. The van der Waals surface area contributed by atoms with E-state index in [4.69, 9.17) is 23.2 Å². The summed E-state index contributed by atoms with van der Waals surface area (Å²) in [6.45, 7) is 0.395. The van der Waals surface area contributed by atoms with Gasteiger partial charge in [0, 0.05) is 23.6 Å². The number of nitrogens with one attached hydrogen (secondary N) is 1. The monoisotopic (exact) mass is 284 g/mol. The van der Waals surface area contributed by atoms with Crippen LogP contribution in [0.2, 0.25) is 10.0 Å². The van der Waals surface area contributed by atoms with E-state index in [-0.39, 0.29) is 11.6 Å². The third kappa shape index (κ3) is 3.00. The first-order valence-corrected chi connectivity index (χ1v) is 5.88. The fourth-order valence-electron chi connectivity index (χ4n) is 1.55. The number of aromatic nitrogens is 3. The molecule has 0 saturated carbocycles. The number of halogens is 2. The molecule has 94 valence electrons. The van der Waals surface area contributed by atoms with Crippen LogP contribution >= 0.6 is 23.2 Å². The smallest absolute Gasteiger partial charge is 0.276 e. The van der Waals surface area contributed by atoms with E-state index in [0.717, 1.165) is 5.56 Å². The second-order valence-electron chi connectivity index (χ2n) is 3.79. The highest BCUT2D eigenvalue weighted by Gasteiger charge is 2.14. The molecule has 0 aliphatic heterocycles. The molecule has 0 unspecified atom stereocenters. The average Bonchev–Trinajstić information content (AvgIpc) is 2.79. The highest BCUT2D eigenvalue weighted by molar-refractivity contribution is 6.34. The molecule has 1 heterocycles. The van der Waals surface area contributed by atoms with E-state index in [1.165, 1.54) is 11.1 Å². The zero-order valence-electron chi connectivity index (χ0n) is 9.52. The molecule has 0 aliphatic carbocycles. The number of amides is 1. The standard InChI is InChI=1S/C11H10Cl2N4O/c1-17(11(18)10-5-14-16-15-10)6-7-2-8(12)4-9(13)3-7/h2-5H,6H2,1H3,(H,14,15,16). The maximum absolute atomic E-state index is 11.9. The minimum Gasteiger partial charge on any atom is -0.336 e. The van der Waals surface area contributed by atoms with Gasteiger partial charge in [0.1, 0.15) is 0 Å². The molecule has 0 radical (unpaired) electrons. The van der Waals surface area contributed by atoms with Crippen LogP contribution in [0.1, 0.15) is 16.1 Å². The molecule has 1 aromatic carbocycles. The van der Waals surface area contributed by atoms with Crippen molar-refractivity contribution in [2.24, 2.45) is 0 Å². The molecule has 0 aliphatic rings. The number of carbonyl (C=O) groups excluding carboxylic acids is 1. The van der Waals surface area contributed by atoms with Crippen LogP contribution in [0.25, 0.3) is 0 Å². The minimum atomic E-state index is -0.222. The van der Waals surface area contributed by atoms with E-state index in [1.54, 1.807) is 25.2 Å². The number of rotatable bonds is 3. The van der Waals surface area contributed by atoms with Gasteiger partial charge in [0.25, 0.3) is 5.91 Å². The highest BCUT2D eigenvalue weighted by Crippen LogP contribution is 2.20. The van der Waals surface area contributed by atoms with Gasteiger partial charge in [-0.1, -0.05) is 23.2 Å². The Bertz CT molecular complexity index is 536. The highest BCUT2D eigenvalue weighted by atomic mass is 35.5. The summed E-state index contributed by atoms with van der Waals surface area (Å²) in [6, 6.07) is 5.17. The van der Waals surface area contributed by atoms with Gasteiger partial charge in [-0.05, 0) is 23.8 Å². The number of nitrogens with zero attached hydrogens (tertiary/aromatic N) is 3. The third-order valence-corrected chi connectivity index (χ3v) is 2.76. The quantitative estimate of drug-likeness (QED) is 0.941.